The van der Waals surface area contributed by atoms with Gasteiger partial charge in [0, 0.05) is 35.1 Å². The molecule has 2 aliphatic heterocycles. The van der Waals surface area contributed by atoms with E-state index in [9.17, 15) is 9.90 Å². The van der Waals surface area contributed by atoms with Crippen molar-refractivity contribution >= 4 is 39.9 Å². The zero-order valence-corrected chi connectivity index (χ0v) is 29.6. The zero-order chi connectivity index (χ0) is 34.6. The number of rotatable bonds is 9. The number of H-pyrrole nitrogens is 1. The second-order valence-corrected chi connectivity index (χ2v) is 15.1. The van der Waals surface area contributed by atoms with Crippen molar-refractivity contribution in [2.75, 3.05) is 13.7 Å². The molecule has 0 radical (unpaired) electrons. The van der Waals surface area contributed by atoms with Crippen molar-refractivity contribution in [3.8, 4) is 28.3 Å². The summed E-state index contributed by atoms with van der Waals surface area (Å²) in [7, 11) is 1.30. The predicted octanol–water partition coefficient (Wildman–Crippen LogP) is 7.92. The Balaban J connectivity index is 1.23. The Morgan fingerprint density at radius 1 is 1.20 bits per heavy atom. The molecule has 10 nitrogen and oxygen atoms in total. The summed E-state index contributed by atoms with van der Waals surface area (Å²) in [5.74, 6) is 1.06. The molecule has 0 saturated carbocycles. The molecule has 258 valence electrons. The summed E-state index contributed by atoms with van der Waals surface area (Å²) in [5.41, 5.74) is 3.18. The first-order valence-corrected chi connectivity index (χ1v) is 17.8. The van der Waals surface area contributed by atoms with Gasteiger partial charge in [0.1, 0.15) is 23.6 Å². The number of aliphatic hydroxyl groups excluding tert-OH is 1. The molecule has 3 aromatic heterocycles. The number of hydrogen-bond acceptors (Lipinski definition) is 8. The van der Waals surface area contributed by atoms with E-state index in [-0.39, 0.29) is 12.0 Å². The van der Waals surface area contributed by atoms with Crippen LogP contribution in [0, 0.1) is 17.7 Å². The van der Waals surface area contributed by atoms with Crippen molar-refractivity contribution < 1.29 is 23.8 Å². The number of imidazole rings is 1. The Bertz CT molecular complexity index is 2010. The number of alkyl carbamates (subject to hydrolysis) is 1. The minimum atomic E-state index is -0.957. The van der Waals surface area contributed by atoms with Crippen LogP contribution in [-0.2, 0) is 11.2 Å². The second-order valence-electron chi connectivity index (χ2n) is 13.6. The number of benzene rings is 2. The maximum absolute atomic E-state index is 16.3. The number of nitrogens with zero attached hydrogens (tertiary/aromatic N) is 4. The zero-order valence-electron chi connectivity index (χ0n) is 28.0. The van der Waals surface area contributed by atoms with Crippen molar-refractivity contribution in [2.45, 2.75) is 71.5 Å². The number of fused-ring (bicyclic) bond motifs is 5. The lowest BCUT2D eigenvalue weighted by Crippen LogP contribution is -2.54. The van der Waals surface area contributed by atoms with Crippen molar-refractivity contribution in [1.82, 2.24) is 29.7 Å². The summed E-state index contributed by atoms with van der Waals surface area (Å²) in [6.07, 6.45) is 3.91. The molecule has 7 rings (SSSR count). The van der Waals surface area contributed by atoms with E-state index < -0.39 is 30.4 Å². The van der Waals surface area contributed by atoms with E-state index in [2.05, 4.69) is 34.1 Å². The molecular formula is C36H40ClFN6O4S. The number of aromatic nitrogens is 4. The molecule has 2 unspecified atom stereocenters. The van der Waals surface area contributed by atoms with Crippen LogP contribution < -0.4 is 10.1 Å². The highest BCUT2D eigenvalue weighted by Gasteiger charge is 2.39. The number of thiazole rings is 1. The van der Waals surface area contributed by atoms with Crippen molar-refractivity contribution in [3.05, 3.63) is 75.3 Å². The molecule has 5 aromatic rings. The Hall–Kier alpha value is -3.97. The summed E-state index contributed by atoms with van der Waals surface area (Å²) in [6.45, 7) is 8.83. The molecule has 1 amide bonds. The van der Waals surface area contributed by atoms with E-state index in [0.29, 0.717) is 51.6 Å². The van der Waals surface area contributed by atoms with Crippen LogP contribution in [0.5, 0.6) is 5.75 Å². The first-order chi connectivity index (χ1) is 23.5. The minimum Gasteiger partial charge on any atom is -0.464 e. The van der Waals surface area contributed by atoms with E-state index in [0.717, 1.165) is 40.1 Å². The van der Waals surface area contributed by atoms with Gasteiger partial charge in [-0.2, -0.15) is 0 Å². The molecule has 0 aliphatic carbocycles. The van der Waals surface area contributed by atoms with Gasteiger partial charge < -0.3 is 24.9 Å². The highest BCUT2D eigenvalue weighted by atomic mass is 35.5. The maximum Gasteiger partial charge on any atom is 0.407 e. The highest BCUT2D eigenvalue weighted by molar-refractivity contribution is 7.11. The van der Waals surface area contributed by atoms with Crippen LogP contribution in [-0.4, -0.2) is 61.5 Å². The highest BCUT2D eigenvalue weighted by Crippen LogP contribution is 2.48. The largest absolute Gasteiger partial charge is 0.464 e. The van der Waals surface area contributed by atoms with E-state index >= 15 is 4.39 Å². The number of nitrogens with one attached hydrogen (secondary N) is 2. The average Bonchev–Trinajstić information content (AvgIpc) is 3.87. The topological polar surface area (TPSA) is 118 Å². The molecular weight excluding hydrogens is 667 g/mol. The van der Waals surface area contributed by atoms with Gasteiger partial charge in [-0.15, -0.1) is 11.3 Å². The third-order valence-electron chi connectivity index (χ3n) is 9.35. The average molecular weight is 707 g/mol. The van der Waals surface area contributed by atoms with Gasteiger partial charge in [-0.3, -0.25) is 9.47 Å². The molecule has 5 heterocycles. The van der Waals surface area contributed by atoms with Crippen molar-refractivity contribution in [2.24, 2.45) is 11.8 Å². The van der Waals surface area contributed by atoms with Gasteiger partial charge >= 0.3 is 6.09 Å². The molecule has 3 N–H and O–H groups in total. The van der Waals surface area contributed by atoms with Gasteiger partial charge in [-0.1, -0.05) is 39.3 Å². The third-order valence-corrected chi connectivity index (χ3v) is 10.6. The molecule has 0 spiro atoms. The summed E-state index contributed by atoms with van der Waals surface area (Å²) in [6, 6.07) is 10.2. The van der Waals surface area contributed by atoms with E-state index in [4.69, 9.17) is 21.1 Å². The number of aliphatic hydroxyl groups is 1. The fraction of sp³-hybridized carbons (Fsp3) is 0.417. The van der Waals surface area contributed by atoms with E-state index in [1.807, 2.05) is 59.8 Å². The fourth-order valence-corrected chi connectivity index (χ4v) is 8.34. The molecule has 13 heteroatoms. The lowest BCUT2D eigenvalue weighted by molar-refractivity contribution is -0.0440. The molecule has 4 atom stereocenters. The summed E-state index contributed by atoms with van der Waals surface area (Å²) in [4.78, 5) is 27.7. The fourth-order valence-electron chi connectivity index (χ4n) is 7.01. The van der Waals surface area contributed by atoms with Crippen LogP contribution >= 0.6 is 22.9 Å². The van der Waals surface area contributed by atoms with Gasteiger partial charge in [-0.05, 0) is 61.1 Å². The first-order valence-electron chi connectivity index (χ1n) is 16.6. The Morgan fingerprint density at radius 3 is 2.78 bits per heavy atom. The first kappa shape index (κ1) is 33.5. The number of amides is 1. The Labute approximate surface area is 293 Å². The number of carbonyl (C=O) groups is 1. The summed E-state index contributed by atoms with van der Waals surface area (Å²) in [5, 5.41) is 16.7. The number of methoxy groups -OCH3 is 1. The molecule has 1 fully saturated rings. The van der Waals surface area contributed by atoms with Gasteiger partial charge in [0.2, 0.25) is 6.23 Å². The van der Waals surface area contributed by atoms with Crippen molar-refractivity contribution in [3.63, 3.8) is 0 Å². The smallest absolute Gasteiger partial charge is 0.407 e. The van der Waals surface area contributed by atoms with E-state index in [1.165, 1.54) is 13.2 Å². The number of halogens is 2. The van der Waals surface area contributed by atoms with Gasteiger partial charge in [0.05, 0.1) is 57.7 Å². The lowest BCUT2D eigenvalue weighted by Gasteiger charge is -2.35. The number of aromatic amines is 1. The van der Waals surface area contributed by atoms with Gasteiger partial charge in [0.15, 0.2) is 0 Å². The Kier molecular flexibility index (Phi) is 9.16. The molecule has 2 aromatic carbocycles. The normalized spacial score (nSPS) is 18.8. The monoisotopic (exact) mass is 706 g/mol. The van der Waals surface area contributed by atoms with Gasteiger partial charge in [-0.25, -0.2) is 19.2 Å². The third kappa shape index (κ3) is 6.31. The Morgan fingerprint density at radius 2 is 2.02 bits per heavy atom. The standard InChI is InChI=1S/C36H40ClFN6O4S/c1-18(2)11-30-39-17-29(49-30)35-44-25-9-8-22(37)12-21(25)14-27(44)31-23(38)13-20(15-28(31)48-35)24-16-40-33(41-24)26-7-6-10-43(26)34(45)32(19(3)4)42-36(46)47-5/h8-9,12-19,26,32,34-35,45H,6-7,10-11H2,1-5H3,(H,40,41)(H,42,46)/t26-,32-,34?,35?/m0/s1. The SMILES string of the molecule is COC(=O)N[C@@H](C(C)C)C(O)N1CCC[C@H]1c1ncc(-c2cc(F)c3c(c2)OC(c2cnc(CC(C)C)s2)n2c-3cc3cc(Cl)ccc32)[nH]1. The summed E-state index contributed by atoms with van der Waals surface area (Å²) >= 11 is 7.97. The quantitative estimate of drug-likeness (QED) is 0.143. The lowest BCUT2D eigenvalue weighted by atomic mass is 10.0. The van der Waals surface area contributed by atoms with Crippen LogP contribution in [0.1, 0.15) is 68.5 Å². The molecule has 1 saturated heterocycles. The van der Waals surface area contributed by atoms with Gasteiger partial charge in [0.25, 0.3) is 0 Å². The second kappa shape index (κ2) is 13.4. The van der Waals surface area contributed by atoms with Crippen LogP contribution in [0.25, 0.3) is 33.4 Å². The molecule has 49 heavy (non-hydrogen) atoms. The number of likely N-dealkylation sites (tertiary alicyclic amines) is 1. The number of carbonyl (C=O) groups excluding carboxylic acids is 1. The van der Waals surface area contributed by atoms with Crippen molar-refractivity contribution in [1.29, 1.82) is 0 Å². The summed E-state index contributed by atoms with van der Waals surface area (Å²) < 4.78 is 29.8. The molecule has 0 bridgehead atoms. The maximum atomic E-state index is 16.3. The van der Waals surface area contributed by atoms with Crippen LogP contribution in [0.4, 0.5) is 9.18 Å². The van der Waals surface area contributed by atoms with Crippen LogP contribution in [0.15, 0.2) is 48.8 Å². The molecule has 2 aliphatic rings. The predicted molar refractivity (Wildman–Crippen MR) is 188 cm³/mol. The minimum absolute atomic E-state index is 0.0488. The van der Waals surface area contributed by atoms with Crippen LogP contribution in [0.2, 0.25) is 5.02 Å². The number of ether oxygens (including phenoxy) is 2. The van der Waals surface area contributed by atoms with E-state index in [1.54, 1.807) is 17.5 Å². The van der Waals surface area contributed by atoms with Crippen LogP contribution in [0.3, 0.4) is 0 Å². The number of hydrogen-bond donors (Lipinski definition) is 3.